The quantitative estimate of drug-likeness (QED) is 0.888. The van der Waals surface area contributed by atoms with Crippen LogP contribution in [0.3, 0.4) is 0 Å². The second-order valence-corrected chi connectivity index (χ2v) is 5.71. The number of nitrogens with one attached hydrogen (secondary N) is 2. The van der Waals surface area contributed by atoms with Crippen LogP contribution in [0.1, 0.15) is 27.9 Å². The first kappa shape index (κ1) is 16.8. The van der Waals surface area contributed by atoms with Crippen LogP contribution in [-0.4, -0.2) is 18.0 Å². The van der Waals surface area contributed by atoms with E-state index >= 15 is 0 Å². The summed E-state index contributed by atoms with van der Waals surface area (Å²) in [7, 11) is 1.58. The Hall–Kier alpha value is -2.56. The van der Waals surface area contributed by atoms with Gasteiger partial charge in [-0.05, 0) is 38.5 Å². The average molecular weight is 314 g/mol. The highest BCUT2D eigenvalue weighted by atomic mass is 16.5. The van der Waals surface area contributed by atoms with Crippen molar-refractivity contribution >= 4 is 5.91 Å². The van der Waals surface area contributed by atoms with Crippen LogP contribution in [0.4, 0.5) is 0 Å². The SMILES string of the molecule is COc1ccc(C)cc1CC(=O)NCc1c(C)cc(C)[nH]c1=O. The Balaban J connectivity index is 2.07. The molecule has 2 N–H and O–H groups in total. The first-order valence-electron chi connectivity index (χ1n) is 7.50. The number of aromatic amines is 1. The lowest BCUT2D eigenvalue weighted by atomic mass is 10.1. The molecular weight excluding hydrogens is 292 g/mol. The number of aryl methyl sites for hydroxylation is 3. The van der Waals surface area contributed by atoms with Crippen molar-refractivity contribution in [1.29, 1.82) is 0 Å². The molecule has 0 aliphatic heterocycles. The van der Waals surface area contributed by atoms with Gasteiger partial charge in [0.2, 0.25) is 5.91 Å². The molecule has 0 saturated heterocycles. The molecule has 23 heavy (non-hydrogen) atoms. The number of ether oxygens (including phenoxy) is 1. The summed E-state index contributed by atoms with van der Waals surface area (Å²) in [5, 5.41) is 2.80. The van der Waals surface area contributed by atoms with Gasteiger partial charge < -0.3 is 15.0 Å². The number of carbonyl (C=O) groups excluding carboxylic acids is 1. The first-order chi connectivity index (χ1) is 10.9. The monoisotopic (exact) mass is 314 g/mol. The number of hydrogen-bond acceptors (Lipinski definition) is 3. The van der Waals surface area contributed by atoms with E-state index in [4.69, 9.17) is 4.74 Å². The Labute approximate surface area is 135 Å². The van der Waals surface area contributed by atoms with E-state index in [1.165, 1.54) is 0 Å². The van der Waals surface area contributed by atoms with E-state index in [1.807, 2.05) is 45.0 Å². The number of methoxy groups -OCH3 is 1. The van der Waals surface area contributed by atoms with Crippen molar-refractivity contribution in [2.75, 3.05) is 7.11 Å². The lowest BCUT2D eigenvalue weighted by molar-refractivity contribution is -0.120. The van der Waals surface area contributed by atoms with E-state index in [1.54, 1.807) is 7.11 Å². The molecule has 0 aliphatic carbocycles. The van der Waals surface area contributed by atoms with Gasteiger partial charge in [0.05, 0.1) is 13.5 Å². The van der Waals surface area contributed by atoms with Crippen molar-refractivity contribution in [3.8, 4) is 5.75 Å². The minimum absolute atomic E-state index is 0.145. The fourth-order valence-corrected chi connectivity index (χ4v) is 2.57. The zero-order chi connectivity index (χ0) is 17.0. The lowest BCUT2D eigenvalue weighted by Gasteiger charge is -2.11. The van der Waals surface area contributed by atoms with Crippen LogP contribution in [0.5, 0.6) is 5.75 Å². The molecule has 0 bridgehead atoms. The summed E-state index contributed by atoms with van der Waals surface area (Å²) in [5.74, 6) is 0.545. The molecule has 0 radical (unpaired) electrons. The Bertz CT molecular complexity index is 778. The van der Waals surface area contributed by atoms with Crippen LogP contribution in [0.15, 0.2) is 29.1 Å². The summed E-state index contributed by atoms with van der Waals surface area (Å²) < 4.78 is 5.28. The van der Waals surface area contributed by atoms with Crippen molar-refractivity contribution in [1.82, 2.24) is 10.3 Å². The van der Waals surface area contributed by atoms with Crippen molar-refractivity contribution in [2.45, 2.75) is 33.7 Å². The van der Waals surface area contributed by atoms with Crippen LogP contribution in [0.25, 0.3) is 0 Å². The Morgan fingerprint density at radius 2 is 1.96 bits per heavy atom. The third-order valence-electron chi connectivity index (χ3n) is 3.74. The zero-order valence-electron chi connectivity index (χ0n) is 13.9. The average Bonchev–Trinajstić information content (AvgIpc) is 2.46. The van der Waals surface area contributed by atoms with Crippen LogP contribution in [0.2, 0.25) is 0 Å². The van der Waals surface area contributed by atoms with Gasteiger partial charge in [-0.2, -0.15) is 0 Å². The molecule has 0 aliphatic rings. The number of benzene rings is 1. The fourth-order valence-electron chi connectivity index (χ4n) is 2.57. The summed E-state index contributed by atoms with van der Waals surface area (Å²) in [6.07, 6.45) is 0.216. The smallest absolute Gasteiger partial charge is 0.253 e. The number of hydrogen-bond donors (Lipinski definition) is 2. The van der Waals surface area contributed by atoms with E-state index in [9.17, 15) is 9.59 Å². The number of aromatic nitrogens is 1. The number of rotatable bonds is 5. The highest BCUT2D eigenvalue weighted by molar-refractivity contribution is 5.79. The molecule has 5 nitrogen and oxygen atoms in total. The minimum Gasteiger partial charge on any atom is -0.496 e. The number of H-pyrrole nitrogens is 1. The Morgan fingerprint density at radius 1 is 1.22 bits per heavy atom. The maximum Gasteiger partial charge on any atom is 0.253 e. The number of carbonyl (C=O) groups is 1. The maximum atomic E-state index is 12.2. The summed E-state index contributed by atoms with van der Waals surface area (Å²) in [4.78, 5) is 26.9. The van der Waals surface area contributed by atoms with Gasteiger partial charge in [0.1, 0.15) is 5.75 Å². The van der Waals surface area contributed by atoms with Crippen LogP contribution >= 0.6 is 0 Å². The lowest BCUT2D eigenvalue weighted by Crippen LogP contribution is -2.29. The molecule has 1 amide bonds. The Morgan fingerprint density at radius 3 is 2.61 bits per heavy atom. The fraction of sp³-hybridized carbons (Fsp3) is 0.333. The topological polar surface area (TPSA) is 71.2 Å². The van der Waals surface area contributed by atoms with E-state index < -0.39 is 0 Å². The molecule has 1 aromatic carbocycles. The second-order valence-electron chi connectivity index (χ2n) is 5.71. The predicted octanol–water partition coefficient (Wildman–Crippen LogP) is 2.17. The molecule has 0 saturated carbocycles. The van der Waals surface area contributed by atoms with Gasteiger partial charge in [-0.15, -0.1) is 0 Å². The highest BCUT2D eigenvalue weighted by Crippen LogP contribution is 2.20. The van der Waals surface area contributed by atoms with Gasteiger partial charge in [-0.25, -0.2) is 0 Å². The highest BCUT2D eigenvalue weighted by Gasteiger charge is 2.11. The molecule has 0 unspecified atom stereocenters. The van der Waals surface area contributed by atoms with E-state index in [-0.39, 0.29) is 24.4 Å². The molecule has 1 heterocycles. The zero-order valence-corrected chi connectivity index (χ0v) is 13.9. The first-order valence-corrected chi connectivity index (χ1v) is 7.50. The van der Waals surface area contributed by atoms with Crippen molar-refractivity contribution in [2.24, 2.45) is 0 Å². The third kappa shape index (κ3) is 4.22. The molecule has 1 aromatic heterocycles. The van der Waals surface area contributed by atoms with E-state index in [0.29, 0.717) is 11.3 Å². The van der Waals surface area contributed by atoms with E-state index in [0.717, 1.165) is 22.4 Å². The third-order valence-corrected chi connectivity index (χ3v) is 3.74. The summed E-state index contributed by atoms with van der Waals surface area (Å²) in [6, 6.07) is 7.62. The molecule has 0 fully saturated rings. The standard InChI is InChI=1S/C18H22N2O3/c1-11-5-6-16(23-4)14(7-11)9-17(21)19-10-15-12(2)8-13(3)20-18(15)22/h5-8H,9-10H2,1-4H3,(H,19,21)(H,20,22). The van der Waals surface area contributed by atoms with Crippen LogP contribution in [-0.2, 0) is 17.8 Å². The number of pyridine rings is 1. The predicted molar refractivity (Wildman–Crippen MR) is 89.8 cm³/mol. The maximum absolute atomic E-state index is 12.2. The van der Waals surface area contributed by atoms with Gasteiger partial charge in [-0.1, -0.05) is 17.7 Å². The molecule has 5 heteroatoms. The van der Waals surface area contributed by atoms with Gasteiger partial charge in [0.25, 0.3) is 5.56 Å². The largest absolute Gasteiger partial charge is 0.496 e. The van der Waals surface area contributed by atoms with Crippen molar-refractivity contribution in [3.05, 3.63) is 62.6 Å². The summed E-state index contributed by atoms with van der Waals surface area (Å²) in [6.45, 7) is 5.89. The Kier molecular flexibility index (Phi) is 5.21. The normalized spacial score (nSPS) is 10.4. The second kappa shape index (κ2) is 7.13. The van der Waals surface area contributed by atoms with Gasteiger partial charge in [0.15, 0.2) is 0 Å². The van der Waals surface area contributed by atoms with Crippen LogP contribution < -0.4 is 15.6 Å². The molecule has 2 rings (SSSR count). The van der Waals surface area contributed by atoms with Gasteiger partial charge in [0, 0.05) is 23.4 Å². The number of amides is 1. The van der Waals surface area contributed by atoms with Gasteiger partial charge >= 0.3 is 0 Å². The molecule has 122 valence electrons. The summed E-state index contributed by atoms with van der Waals surface area (Å²) >= 11 is 0. The summed E-state index contributed by atoms with van der Waals surface area (Å²) in [5.41, 5.74) is 4.02. The molecule has 0 atom stereocenters. The van der Waals surface area contributed by atoms with Crippen molar-refractivity contribution in [3.63, 3.8) is 0 Å². The van der Waals surface area contributed by atoms with E-state index in [2.05, 4.69) is 10.3 Å². The van der Waals surface area contributed by atoms with Crippen molar-refractivity contribution < 1.29 is 9.53 Å². The van der Waals surface area contributed by atoms with Crippen LogP contribution in [0, 0.1) is 20.8 Å². The minimum atomic E-state index is -0.157. The van der Waals surface area contributed by atoms with Gasteiger partial charge in [-0.3, -0.25) is 9.59 Å². The molecular formula is C18H22N2O3. The molecule has 0 spiro atoms. The molecule has 2 aromatic rings.